The smallest absolute Gasteiger partial charge is 0.318 e. The van der Waals surface area contributed by atoms with Crippen molar-refractivity contribution in [2.24, 2.45) is 4.99 Å². The van der Waals surface area contributed by atoms with Gasteiger partial charge < -0.3 is 19.9 Å². The second-order valence-corrected chi connectivity index (χ2v) is 8.72. The molecule has 0 aliphatic carbocycles. The molecule has 0 bridgehead atoms. The topological polar surface area (TPSA) is 60.4 Å². The first kappa shape index (κ1) is 22.9. The number of rotatable bonds is 7. The van der Waals surface area contributed by atoms with Crippen LogP contribution in [0.15, 0.2) is 65.7 Å². The van der Waals surface area contributed by atoms with E-state index in [1.807, 2.05) is 43.3 Å². The number of ether oxygens (including phenoxy) is 1. The fourth-order valence-corrected chi connectivity index (χ4v) is 4.02. The summed E-state index contributed by atoms with van der Waals surface area (Å²) >= 11 is 0. The standard InChI is InChI=1S/C26H33N5O2/c1-29(2)24-9-3-7-22(16-24)20-33-25-10-4-6-21(17-25)19-30-12-14-31(15-13-30)26(32)28-23-8-5-11-27-18-23/h3-11,16-17,23H,12-15,18-20H2,1-2H3,(H,28,32). The van der Waals surface area contributed by atoms with Crippen LogP contribution >= 0.6 is 0 Å². The molecule has 2 aromatic carbocycles. The highest BCUT2D eigenvalue weighted by Crippen LogP contribution is 2.19. The minimum Gasteiger partial charge on any atom is -0.489 e. The van der Waals surface area contributed by atoms with Crippen LogP contribution in [0.25, 0.3) is 0 Å². The molecular weight excluding hydrogens is 414 g/mol. The van der Waals surface area contributed by atoms with Crippen LogP contribution in [0.4, 0.5) is 10.5 Å². The Labute approximate surface area is 196 Å². The first-order valence-electron chi connectivity index (χ1n) is 11.5. The van der Waals surface area contributed by atoms with Crippen molar-refractivity contribution >= 4 is 17.9 Å². The zero-order valence-corrected chi connectivity index (χ0v) is 19.5. The normalized spacial score (nSPS) is 18.2. The van der Waals surface area contributed by atoms with Crippen molar-refractivity contribution in [2.45, 2.75) is 19.2 Å². The number of aliphatic imine (C=N–C) groups is 1. The van der Waals surface area contributed by atoms with Crippen LogP contribution in [0.1, 0.15) is 11.1 Å². The van der Waals surface area contributed by atoms with Crippen molar-refractivity contribution in [1.29, 1.82) is 0 Å². The number of nitrogens with zero attached hydrogens (tertiary/aromatic N) is 4. The van der Waals surface area contributed by atoms with Crippen LogP contribution in [0.3, 0.4) is 0 Å². The molecular formula is C26H33N5O2. The molecule has 174 valence electrons. The van der Waals surface area contributed by atoms with Crippen LogP contribution in [-0.4, -0.2) is 74.9 Å². The minimum atomic E-state index is -0.00590. The van der Waals surface area contributed by atoms with Crippen LogP contribution in [0.5, 0.6) is 5.75 Å². The van der Waals surface area contributed by atoms with E-state index in [0.29, 0.717) is 13.2 Å². The average Bonchev–Trinajstić information content (AvgIpc) is 2.84. The second kappa shape index (κ2) is 11.0. The molecule has 0 aromatic heterocycles. The Morgan fingerprint density at radius 3 is 2.64 bits per heavy atom. The number of hydrogen-bond acceptors (Lipinski definition) is 5. The molecule has 1 saturated heterocycles. The number of anilines is 1. The van der Waals surface area contributed by atoms with Gasteiger partial charge >= 0.3 is 6.03 Å². The Hall–Kier alpha value is -3.32. The van der Waals surface area contributed by atoms with E-state index in [9.17, 15) is 4.79 Å². The highest BCUT2D eigenvalue weighted by atomic mass is 16.5. The monoisotopic (exact) mass is 447 g/mol. The Bertz CT molecular complexity index is 996. The zero-order chi connectivity index (χ0) is 23.0. The first-order valence-corrected chi connectivity index (χ1v) is 11.5. The number of nitrogens with one attached hydrogen (secondary N) is 1. The molecule has 2 aliphatic rings. The van der Waals surface area contributed by atoms with Crippen LogP contribution in [0.2, 0.25) is 0 Å². The molecule has 4 rings (SSSR count). The summed E-state index contributed by atoms with van der Waals surface area (Å²) in [7, 11) is 4.08. The maximum Gasteiger partial charge on any atom is 0.318 e. The summed E-state index contributed by atoms with van der Waals surface area (Å²) in [5.74, 6) is 0.879. The molecule has 2 heterocycles. The molecule has 2 aliphatic heterocycles. The highest BCUT2D eigenvalue weighted by molar-refractivity contribution is 5.76. The van der Waals surface area contributed by atoms with Crippen LogP contribution in [-0.2, 0) is 13.2 Å². The molecule has 7 heteroatoms. The summed E-state index contributed by atoms with van der Waals surface area (Å²) in [6, 6.07) is 16.7. The summed E-state index contributed by atoms with van der Waals surface area (Å²) < 4.78 is 6.06. The van der Waals surface area contributed by atoms with Gasteiger partial charge in [-0.05, 0) is 41.5 Å². The molecule has 0 spiro atoms. The van der Waals surface area contributed by atoms with E-state index >= 15 is 0 Å². The molecule has 0 radical (unpaired) electrons. The fourth-order valence-electron chi connectivity index (χ4n) is 4.02. The van der Waals surface area contributed by atoms with Gasteiger partial charge in [0.25, 0.3) is 0 Å². The molecule has 2 aromatic rings. The number of piperazine rings is 1. The number of carbonyl (C=O) groups excluding carboxylic acids is 1. The van der Waals surface area contributed by atoms with Gasteiger partial charge in [-0.15, -0.1) is 0 Å². The van der Waals surface area contributed by atoms with Crippen molar-refractivity contribution in [3.8, 4) is 5.75 Å². The van der Waals surface area contributed by atoms with Gasteiger partial charge in [-0.3, -0.25) is 9.89 Å². The van der Waals surface area contributed by atoms with Gasteiger partial charge in [0.05, 0.1) is 12.6 Å². The van der Waals surface area contributed by atoms with Crippen molar-refractivity contribution in [1.82, 2.24) is 15.1 Å². The van der Waals surface area contributed by atoms with Crippen LogP contribution < -0.4 is 15.0 Å². The van der Waals surface area contributed by atoms with Crippen LogP contribution in [0, 0.1) is 0 Å². The number of dihydropyridines is 1. The van der Waals surface area contributed by atoms with Gasteiger partial charge in [0.2, 0.25) is 0 Å². The van der Waals surface area contributed by atoms with E-state index < -0.39 is 0 Å². The quantitative estimate of drug-likeness (QED) is 0.708. The Morgan fingerprint density at radius 1 is 1.09 bits per heavy atom. The molecule has 2 amide bonds. The molecule has 0 saturated carbocycles. The van der Waals surface area contributed by atoms with Crippen molar-refractivity contribution in [2.75, 3.05) is 51.7 Å². The van der Waals surface area contributed by atoms with Gasteiger partial charge in [-0.25, -0.2) is 4.79 Å². The lowest BCUT2D eigenvalue weighted by Gasteiger charge is -2.35. The lowest BCUT2D eigenvalue weighted by atomic mass is 10.1. The average molecular weight is 448 g/mol. The number of benzene rings is 2. The van der Waals surface area contributed by atoms with E-state index in [1.165, 1.54) is 11.3 Å². The van der Waals surface area contributed by atoms with E-state index in [2.05, 4.69) is 56.5 Å². The second-order valence-electron chi connectivity index (χ2n) is 8.72. The van der Waals surface area contributed by atoms with Gasteiger partial charge in [0.15, 0.2) is 0 Å². The van der Waals surface area contributed by atoms with E-state index in [0.717, 1.165) is 44.0 Å². The maximum absolute atomic E-state index is 12.5. The minimum absolute atomic E-state index is 0.00451. The summed E-state index contributed by atoms with van der Waals surface area (Å²) in [6.45, 7) is 5.17. The highest BCUT2D eigenvalue weighted by Gasteiger charge is 2.22. The van der Waals surface area contributed by atoms with Crippen molar-refractivity contribution in [3.05, 3.63) is 71.8 Å². The predicted octanol–water partition coefficient (Wildman–Crippen LogP) is 3.17. The largest absolute Gasteiger partial charge is 0.489 e. The first-order chi connectivity index (χ1) is 16.1. The Balaban J connectivity index is 1.24. The fraction of sp³-hybridized carbons (Fsp3) is 0.385. The third kappa shape index (κ3) is 6.58. The Kier molecular flexibility index (Phi) is 7.62. The lowest BCUT2D eigenvalue weighted by molar-refractivity contribution is 0.134. The number of urea groups is 1. The van der Waals surface area contributed by atoms with E-state index in [1.54, 1.807) is 6.21 Å². The van der Waals surface area contributed by atoms with Gasteiger partial charge in [-0.2, -0.15) is 0 Å². The number of amides is 2. The molecule has 1 N–H and O–H groups in total. The molecule has 1 fully saturated rings. The van der Waals surface area contributed by atoms with Gasteiger partial charge in [-0.1, -0.05) is 30.3 Å². The molecule has 1 unspecified atom stereocenters. The number of hydrogen-bond donors (Lipinski definition) is 1. The summed E-state index contributed by atoms with van der Waals surface area (Å²) in [6.07, 6.45) is 5.63. The van der Waals surface area contributed by atoms with Gasteiger partial charge in [0, 0.05) is 58.7 Å². The number of carbonyl (C=O) groups is 1. The van der Waals surface area contributed by atoms with E-state index in [4.69, 9.17) is 4.74 Å². The maximum atomic E-state index is 12.5. The van der Waals surface area contributed by atoms with Crippen molar-refractivity contribution in [3.63, 3.8) is 0 Å². The zero-order valence-electron chi connectivity index (χ0n) is 19.5. The number of allylic oxidation sites excluding steroid dienone is 1. The summed E-state index contributed by atoms with van der Waals surface area (Å²) in [4.78, 5) is 23.1. The third-order valence-corrected chi connectivity index (χ3v) is 5.94. The molecule has 7 nitrogen and oxygen atoms in total. The SMILES string of the molecule is CN(C)c1cccc(COc2cccc(CN3CCN(C(=O)NC4C=CC=NC4)CC3)c2)c1. The summed E-state index contributed by atoms with van der Waals surface area (Å²) in [5, 5.41) is 3.05. The van der Waals surface area contributed by atoms with E-state index in [-0.39, 0.29) is 12.1 Å². The molecule has 1 atom stereocenters. The van der Waals surface area contributed by atoms with Crippen molar-refractivity contribution < 1.29 is 9.53 Å². The lowest BCUT2D eigenvalue weighted by Crippen LogP contribution is -2.53. The summed E-state index contributed by atoms with van der Waals surface area (Å²) in [5.41, 5.74) is 3.54. The van der Waals surface area contributed by atoms with Gasteiger partial charge in [0.1, 0.15) is 12.4 Å². The predicted molar refractivity (Wildman–Crippen MR) is 133 cm³/mol. The third-order valence-electron chi connectivity index (χ3n) is 5.94. The molecule has 33 heavy (non-hydrogen) atoms. The Morgan fingerprint density at radius 2 is 1.88 bits per heavy atom.